The molecule has 2 heterocycles. The van der Waals surface area contributed by atoms with Crippen LogP contribution in [0.1, 0.15) is 30.4 Å². The van der Waals surface area contributed by atoms with E-state index < -0.39 is 6.10 Å². The summed E-state index contributed by atoms with van der Waals surface area (Å²) in [5.41, 5.74) is 1.87. The molecule has 2 aromatic heterocycles. The van der Waals surface area contributed by atoms with E-state index in [1.165, 1.54) is 6.26 Å². The molecule has 3 rings (SSSR count). The van der Waals surface area contributed by atoms with Gasteiger partial charge in [0.2, 0.25) is 0 Å². The first-order chi connectivity index (χ1) is 12.1. The third kappa shape index (κ3) is 4.27. The third-order valence-corrected chi connectivity index (χ3v) is 3.81. The predicted molar refractivity (Wildman–Crippen MR) is 92.2 cm³/mol. The van der Waals surface area contributed by atoms with Crippen molar-refractivity contribution in [2.24, 2.45) is 0 Å². The molecule has 0 aliphatic rings. The lowest BCUT2D eigenvalue weighted by molar-refractivity contribution is 0.147. The second-order valence-electron chi connectivity index (χ2n) is 5.65. The first kappa shape index (κ1) is 16.8. The van der Waals surface area contributed by atoms with Crippen LogP contribution in [0, 0.1) is 0 Å². The van der Waals surface area contributed by atoms with Crippen molar-refractivity contribution >= 4 is 6.03 Å². The lowest BCUT2D eigenvalue weighted by Gasteiger charge is -2.17. The zero-order chi connectivity index (χ0) is 17.6. The van der Waals surface area contributed by atoms with Crippen LogP contribution in [0.4, 0.5) is 4.79 Å². The summed E-state index contributed by atoms with van der Waals surface area (Å²) in [4.78, 5) is 12.0. The minimum absolute atomic E-state index is 0.0688. The Morgan fingerprint density at radius 1 is 1.32 bits per heavy atom. The van der Waals surface area contributed by atoms with Gasteiger partial charge in [0.25, 0.3) is 0 Å². The van der Waals surface area contributed by atoms with Crippen LogP contribution in [-0.2, 0) is 0 Å². The number of urea groups is 1. The molecule has 2 amide bonds. The minimum atomic E-state index is -0.876. The van der Waals surface area contributed by atoms with Crippen LogP contribution >= 0.6 is 0 Å². The second kappa shape index (κ2) is 7.67. The molecule has 2 unspecified atom stereocenters. The zero-order valence-corrected chi connectivity index (χ0v) is 13.8. The third-order valence-electron chi connectivity index (χ3n) is 3.81. The fourth-order valence-corrected chi connectivity index (χ4v) is 2.46. The summed E-state index contributed by atoms with van der Waals surface area (Å²) < 4.78 is 6.86. The standard InChI is InChI=1S/C18H20N4O3/c1-13(14-5-2-6-15(11-14)22-9-4-8-20-22)21-18(24)19-12-16(23)17-7-3-10-25-17/h2-11,13,16,23H,12H2,1H3,(H2,19,21,24). The van der Waals surface area contributed by atoms with Crippen LogP contribution in [0.5, 0.6) is 0 Å². The van der Waals surface area contributed by atoms with E-state index in [-0.39, 0.29) is 18.6 Å². The zero-order valence-electron chi connectivity index (χ0n) is 13.8. The fraction of sp³-hybridized carbons (Fsp3) is 0.222. The van der Waals surface area contributed by atoms with Gasteiger partial charge in [-0.1, -0.05) is 12.1 Å². The minimum Gasteiger partial charge on any atom is -0.467 e. The Morgan fingerprint density at radius 3 is 2.92 bits per heavy atom. The monoisotopic (exact) mass is 340 g/mol. The van der Waals surface area contributed by atoms with E-state index in [9.17, 15) is 9.90 Å². The highest BCUT2D eigenvalue weighted by atomic mass is 16.4. The van der Waals surface area contributed by atoms with Crippen molar-refractivity contribution in [3.05, 3.63) is 72.4 Å². The predicted octanol–water partition coefficient (Wildman–Crippen LogP) is 2.56. The Labute approximate surface area is 145 Å². The number of benzene rings is 1. The molecule has 0 saturated carbocycles. The fourth-order valence-electron chi connectivity index (χ4n) is 2.46. The summed E-state index contributed by atoms with van der Waals surface area (Å²) in [6.45, 7) is 1.96. The van der Waals surface area contributed by atoms with Gasteiger partial charge in [-0.05, 0) is 42.8 Å². The summed E-state index contributed by atoms with van der Waals surface area (Å²) in [6.07, 6.45) is 4.18. The van der Waals surface area contributed by atoms with Crippen molar-refractivity contribution in [2.75, 3.05) is 6.54 Å². The van der Waals surface area contributed by atoms with Crippen LogP contribution in [0.15, 0.2) is 65.5 Å². The number of aromatic nitrogens is 2. The SMILES string of the molecule is CC(NC(=O)NCC(O)c1ccco1)c1cccc(-n2cccn2)c1. The van der Waals surface area contributed by atoms with Crippen molar-refractivity contribution in [1.29, 1.82) is 0 Å². The van der Waals surface area contributed by atoms with Gasteiger partial charge >= 0.3 is 6.03 Å². The van der Waals surface area contributed by atoms with Crippen molar-refractivity contribution in [3.63, 3.8) is 0 Å². The number of aliphatic hydroxyl groups excluding tert-OH is 1. The van der Waals surface area contributed by atoms with E-state index in [1.54, 1.807) is 23.0 Å². The quantitative estimate of drug-likeness (QED) is 0.643. The highest BCUT2D eigenvalue weighted by molar-refractivity contribution is 5.74. The molecule has 7 nitrogen and oxygen atoms in total. The molecular weight excluding hydrogens is 320 g/mol. The first-order valence-corrected chi connectivity index (χ1v) is 7.99. The maximum absolute atomic E-state index is 12.0. The Hall–Kier alpha value is -3.06. The molecule has 1 aromatic carbocycles. The van der Waals surface area contributed by atoms with Crippen molar-refractivity contribution < 1.29 is 14.3 Å². The lowest BCUT2D eigenvalue weighted by Crippen LogP contribution is -2.39. The van der Waals surface area contributed by atoms with E-state index in [0.29, 0.717) is 5.76 Å². The van der Waals surface area contributed by atoms with Gasteiger partial charge in [0.05, 0.1) is 24.5 Å². The molecule has 3 aromatic rings. The van der Waals surface area contributed by atoms with Crippen LogP contribution in [0.3, 0.4) is 0 Å². The number of hydrogen-bond acceptors (Lipinski definition) is 4. The lowest BCUT2D eigenvalue weighted by atomic mass is 10.1. The Bertz CT molecular complexity index is 800. The molecule has 0 aliphatic heterocycles. The number of hydrogen-bond donors (Lipinski definition) is 3. The van der Waals surface area contributed by atoms with Gasteiger partial charge in [0.1, 0.15) is 11.9 Å². The van der Waals surface area contributed by atoms with E-state index in [1.807, 2.05) is 43.5 Å². The molecule has 3 N–H and O–H groups in total. The summed E-state index contributed by atoms with van der Waals surface area (Å²) in [6, 6.07) is 12.4. The van der Waals surface area contributed by atoms with E-state index >= 15 is 0 Å². The van der Waals surface area contributed by atoms with Gasteiger partial charge in [0.15, 0.2) is 0 Å². The summed E-state index contributed by atoms with van der Waals surface area (Å²) >= 11 is 0. The summed E-state index contributed by atoms with van der Waals surface area (Å²) in [5, 5.41) is 19.6. The van der Waals surface area contributed by atoms with Crippen LogP contribution in [0.2, 0.25) is 0 Å². The van der Waals surface area contributed by atoms with Crippen molar-refractivity contribution in [2.45, 2.75) is 19.1 Å². The average Bonchev–Trinajstić information content (AvgIpc) is 3.33. The summed E-state index contributed by atoms with van der Waals surface area (Å²) in [5.74, 6) is 0.417. The average molecular weight is 340 g/mol. The van der Waals surface area contributed by atoms with Gasteiger partial charge in [-0.2, -0.15) is 5.10 Å². The van der Waals surface area contributed by atoms with Crippen LogP contribution in [0.25, 0.3) is 5.69 Å². The maximum Gasteiger partial charge on any atom is 0.315 e. The van der Waals surface area contributed by atoms with E-state index in [2.05, 4.69) is 15.7 Å². The second-order valence-corrected chi connectivity index (χ2v) is 5.65. The number of carbonyl (C=O) groups excluding carboxylic acids is 1. The molecule has 7 heteroatoms. The molecule has 2 atom stereocenters. The smallest absolute Gasteiger partial charge is 0.315 e. The molecule has 0 spiro atoms. The number of carbonyl (C=O) groups is 1. The van der Waals surface area contributed by atoms with Gasteiger partial charge in [-0.25, -0.2) is 9.48 Å². The van der Waals surface area contributed by atoms with E-state index in [4.69, 9.17) is 4.42 Å². The Balaban J connectivity index is 1.55. The number of nitrogens with zero attached hydrogens (tertiary/aromatic N) is 2. The number of nitrogens with one attached hydrogen (secondary N) is 2. The van der Waals surface area contributed by atoms with Gasteiger partial charge in [-0.15, -0.1) is 0 Å². The van der Waals surface area contributed by atoms with Gasteiger partial charge < -0.3 is 20.2 Å². The molecule has 0 aliphatic carbocycles. The Morgan fingerprint density at radius 2 is 2.20 bits per heavy atom. The highest BCUT2D eigenvalue weighted by Gasteiger charge is 2.14. The highest BCUT2D eigenvalue weighted by Crippen LogP contribution is 2.16. The molecule has 0 bridgehead atoms. The summed E-state index contributed by atoms with van der Waals surface area (Å²) in [7, 11) is 0. The van der Waals surface area contributed by atoms with Crippen LogP contribution < -0.4 is 10.6 Å². The number of rotatable bonds is 6. The number of aliphatic hydroxyl groups is 1. The maximum atomic E-state index is 12.0. The largest absolute Gasteiger partial charge is 0.467 e. The van der Waals surface area contributed by atoms with Crippen LogP contribution in [-0.4, -0.2) is 27.5 Å². The molecule has 0 saturated heterocycles. The van der Waals surface area contributed by atoms with Gasteiger partial charge in [0, 0.05) is 12.4 Å². The number of furan rings is 1. The normalized spacial score (nSPS) is 13.2. The molecule has 25 heavy (non-hydrogen) atoms. The van der Waals surface area contributed by atoms with Crippen molar-refractivity contribution in [3.8, 4) is 5.69 Å². The van der Waals surface area contributed by atoms with Crippen molar-refractivity contribution in [1.82, 2.24) is 20.4 Å². The van der Waals surface area contributed by atoms with E-state index in [0.717, 1.165) is 11.3 Å². The first-order valence-electron chi connectivity index (χ1n) is 7.99. The molecule has 0 fully saturated rings. The molecular formula is C18H20N4O3. The number of amides is 2. The van der Waals surface area contributed by atoms with Gasteiger partial charge in [-0.3, -0.25) is 0 Å². The Kier molecular flexibility index (Phi) is 5.15. The molecule has 130 valence electrons. The topological polar surface area (TPSA) is 92.3 Å². The molecule has 0 radical (unpaired) electrons.